The van der Waals surface area contributed by atoms with Crippen LogP contribution in [0.1, 0.15) is 24.3 Å². The number of hydrogen-bond acceptors (Lipinski definition) is 5. The highest BCUT2D eigenvalue weighted by molar-refractivity contribution is 6.30. The van der Waals surface area contributed by atoms with Crippen molar-refractivity contribution in [1.29, 1.82) is 0 Å². The molecule has 1 saturated heterocycles. The van der Waals surface area contributed by atoms with Gasteiger partial charge in [-0.2, -0.15) is 4.98 Å². The average Bonchev–Trinajstić information content (AvgIpc) is 3.22. The third kappa shape index (κ3) is 6.35. The first kappa shape index (κ1) is 21.9. The van der Waals surface area contributed by atoms with E-state index in [0.717, 1.165) is 43.7 Å². The number of nitrogens with zero attached hydrogens (tertiary/aromatic N) is 4. The molecule has 0 atom stereocenters. The van der Waals surface area contributed by atoms with Crippen LogP contribution in [0.4, 0.5) is 4.39 Å². The Bertz CT molecular complexity index is 970. The number of hydrogen-bond donors (Lipinski definition) is 0. The summed E-state index contributed by atoms with van der Waals surface area (Å²) in [6.45, 7) is 4.82. The summed E-state index contributed by atoms with van der Waals surface area (Å²) in [5, 5.41) is 4.78. The molecule has 1 aliphatic heterocycles. The van der Waals surface area contributed by atoms with Gasteiger partial charge in [-0.05, 0) is 87.3 Å². The van der Waals surface area contributed by atoms with Crippen LogP contribution in [-0.4, -0.2) is 53.2 Å². The fourth-order valence-electron chi connectivity index (χ4n) is 4.14. The van der Waals surface area contributed by atoms with Crippen LogP contribution in [-0.2, 0) is 13.0 Å². The van der Waals surface area contributed by atoms with Crippen molar-refractivity contribution in [3.05, 3.63) is 70.8 Å². The van der Waals surface area contributed by atoms with Crippen LogP contribution in [0.2, 0.25) is 5.02 Å². The van der Waals surface area contributed by atoms with E-state index < -0.39 is 0 Å². The van der Waals surface area contributed by atoms with E-state index in [2.05, 4.69) is 27.0 Å². The molecule has 7 heteroatoms. The summed E-state index contributed by atoms with van der Waals surface area (Å²) in [6, 6.07) is 14.4. The normalized spacial score (nSPS) is 15.6. The van der Waals surface area contributed by atoms with Crippen molar-refractivity contribution >= 4 is 11.6 Å². The number of rotatable bonds is 8. The molecule has 5 nitrogen and oxygen atoms in total. The summed E-state index contributed by atoms with van der Waals surface area (Å²) in [6.07, 6.45) is 3.25. The van der Waals surface area contributed by atoms with E-state index >= 15 is 0 Å². The lowest BCUT2D eigenvalue weighted by molar-refractivity contribution is 0.147. The van der Waals surface area contributed by atoms with Crippen molar-refractivity contribution in [3.8, 4) is 11.4 Å². The van der Waals surface area contributed by atoms with Gasteiger partial charge in [-0.25, -0.2) is 4.39 Å². The number of likely N-dealkylation sites (tertiary alicyclic amines) is 1. The molecule has 2 heterocycles. The van der Waals surface area contributed by atoms with Gasteiger partial charge in [0.1, 0.15) is 5.82 Å². The second kappa shape index (κ2) is 10.4. The van der Waals surface area contributed by atoms with Crippen LogP contribution in [0.15, 0.2) is 53.1 Å². The van der Waals surface area contributed by atoms with E-state index in [9.17, 15) is 4.39 Å². The molecule has 1 fully saturated rings. The van der Waals surface area contributed by atoms with Crippen molar-refractivity contribution in [2.45, 2.75) is 25.8 Å². The lowest BCUT2D eigenvalue weighted by atomic mass is 9.96. The van der Waals surface area contributed by atoms with Crippen molar-refractivity contribution in [2.75, 3.05) is 33.2 Å². The summed E-state index contributed by atoms with van der Waals surface area (Å²) >= 11 is 5.94. The fourth-order valence-corrected chi connectivity index (χ4v) is 4.27. The molecular formula is C24H28ClFN4O. The molecule has 3 aromatic rings. The summed E-state index contributed by atoms with van der Waals surface area (Å²) in [5.74, 6) is 1.72. The Balaban J connectivity index is 1.19. The molecule has 0 aliphatic carbocycles. The van der Waals surface area contributed by atoms with Gasteiger partial charge in [0.15, 0.2) is 0 Å². The van der Waals surface area contributed by atoms with Crippen LogP contribution < -0.4 is 0 Å². The lowest BCUT2D eigenvalue weighted by Gasteiger charge is -2.33. The van der Waals surface area contributed by atoms with Crippen LogP contribution in [0.5, 0.6) is 0 Å². The first-order valence-electron chi connectivity index (χ1n) is 10.8. The number of halogens is 2. The quantitative estimate of drug-likeness (QED) is 0.495. The zero-order chi connectivity index (χ0) is 21.6. The van der Waals surface area contributed by atoms with Crippen LogP contribution >= 0.6 is 11.6 Å². The summed E-state index contributed by atoms with van der Waals surface area (Å²) in [7, 11) is 2.10. The molecule has 0 amide bonds. The topological polar surface area (TPSA) is 45.4 Å². The Kier molecular flexibility index (Phi) is 7.33. The highest BCUT2D eigenvalue weighted by Gasteiger charge is 2.21. The van der Waals surface area contributed by atoms with Crippen LogP contribution in [0.3, 0.4) is 0 Å². The highest BCUT2D eigenvalue weighted by Crippen LogP contribution is 2.21. The van der Waals surface area contributed by atoms with Gasteiger partial charge in [0.25, 0.3) is 0 Å². The molecule has 0 unspecified atom stereocenters. The molecular weight excluding hydrogens is 415 g/mol. The van der Waals surface area contributed by atoms with E-state index in [-0.39, 0.29) is 5.82 Å². The van der Waals surface area contributed by atoms with Gasteiger partial charge in [-0.15, -0.1) is 0 Å². The van der Waals surface area contributed by atoms with E-state index in [4.69, 9.17) is 16.1 Å². The third-order valence-electron chi connectivity index (χ3n) is 5.86. The highest BCUT2D eigenvalue weighted by atomic mass is 35.5. The smallest absolute Gasteiger partial charge is 0.241 e. The standard InChI is InChI=1S/C24H28ClFN4O/c1-29(17-23-27-24(28-31-23)20-5-7-21(25)8-6-20)16-19-10-13-30(14-11-19)12-9-18-3-2-4-22(26)15-18/h2-8,15,19H,9-14,16-17H2,1H3. The first-order chi connectivity index (χ1) is 15.0. The van der Waals surface area contributed by atoms with Crippen molar-refractivity contribution in [2.24, 2.45) is 5.92 Å². The second-order valence-electron chi connectivity index (χ2n) is 8.38. The largest absolute Gasteiger partial charge is 0.338 e. The minimum atomic E-state index is -0.152. The van der Waals surface area contributed by atoms with Crippen molar-refractivity contribution in [3.63, 3.8) is 0 Å². The molecule has 0 saturated carbocycles. The summed E-state index contributed by atoms with van der Waals surface area (Å²) in [5.41, 5.74) is 1.96. The van der Waals surface area contributed by atoms with Gasteiger partial charge in [0.2, 0.25) is 11.7 Å². The molecule has 0 spiro atoms. The predicted octanol–water partition coefficient (Wildman–Crippen LogP) is 4.92. The Labute approximate surface area is 187 Å². The molecule has 0 N–H and O–H groups in total. The molecule has 164 valence electrons. The maximum atomic E-state index is 13.3. The zero-order valence-corrected chi connectivity index (χ0v) is 18.6. The first-order valence-corrected chi connectivity index (χ1v) is 11.2. The molecule has 0 bridgehead atoms. The molecule has 1 aliphatic rings. The maximum Gasteiger partial charge on any atom is 0.241 e. The van der Waals surface area contributed by atoms with Gasteiger partial charge in [-0.3, -0.25) is 4.90 Å². The lowest BCUT2D eigenvalue weighted by Crippen LogP contribution is -2.38. The van der Waals surface area contributed by atoms with E-state index in [1.165, 1.54) is 18.9 Å². The Morgan fingerprint density at radius 2 is 1.94 bits per heavy atom. The van der Waals surface area contributed by atoms with Crippen LogP contribution in [0.25, 0.3) is 11.4 Å². The van der Waals surface area contributed by atoms with Gasteiger partial charge in [-0.1, -0.05) is 28.9 Å². The monoisotopic (exact) mass is 442 g/mol. The summed E-state index contributed by atoms with van der Waals surface area (Å²) in [4.78, 5) is 9.26. The second-order valence-corrected chi connectivity index (χ2v) is 8.82. The third-order valence-corrected chi connectivity index (χ3v) is 6.11. The minimum absolute atomic E-state index is 0.152. The summed E-state index contributed by atoms with van der Waals surface area (Å²) < 4.78 is 18.8. The molecule has 0 radical (unpaired) electrons. The van der Waals surface area contributed by atoms with Gasteiger partial charge in [0.05, 0.1) is 6.54 Å². The van der Waals surface area contributed by atoms with E-state index in [1.54, 1.807) is 12.1 Å². The molecule has 2 aromatic carbocycles. The molecule has 1 aromatic heterocycles. The van der Waals surface area contributed by atoms with Crippen molar-refractivity contribution < 1.29 is 8.91 Å². The van der Waals surface area contributed by atoms with Gasteiger partial charge >= 0.3 is 0 Å². The Hall–Kier alpha value is -2.28. The average molecular weight is 443 g/mol. The maximum absolute atomic E-state index is 13.3. The molecule has 31 heavy (non-hydrogen) atoms. The van der Waals surface area contributed by atoms with Crippen molar-refractivity contribution in [1.82, 2.24) is 19.9 Å². The van der Waals surface area contributed by atoms with Crippen LogP contribution in [0, 0.1) is 11.7 Å². The number of aromatic nitrogens is 2. The molecule has 4 rings (SSSR count). The number of benzene rings is 2. The minimum Gasteiger partial charge on any atom is -0.338 e. The Morgan fingerprint density at radius 3 is 2.68 bits per heavy atom. The van der Waals surface area contributed by atoms with E-state index in [0.29, 0.717) is 29.2 Å². The Morgan fingerprint density at radius 1 is 1.16 bits per heavy atom. The van der Waals surface area contributed by atoms with E-state index in [1.807, 2.05) is 30.3 Å². The van der Waals surface area contributed by atoms with Gasteiger partial charge < -0.3 is 9.42 Å². The fraction of sp³-hybridized carbons (Fsp3) is 0.417. The number of piperidine rings is 1. The zero-order valence-electron chi connectivity index (χ0n) is 17.8. The SMILES string of the molecule is CN(Cc1nc(-c2ccc(Cl)cc2)no1)CC1CCN(CCc2cccc(F)c2)CC1. The predicted molar refractivity (Wildman–Crippen MR) is 120 cm³/mol. The van der Waals surface area contributed by atoms with Gasteiger partial charge in [0, 0.05) is 23.7 Å².